The van der Waals surface area contributed by atoms with E-state index in [1.54, 1.807) is 6.07 Å². The van der Waals surface area contributed by atoms with Crippen LogP contribution in [0.2, 0.25) is 0 Å². The third-order valence-corrected chi connectivity index (χ3v) is 4.69. The van der Waals surface area contributed by atoms with E-state index < -0.39 is 10.0 Å². The Morgan fingerprint density at radius 2 is 1.89 bits per heavy atom. The zero-order chi connectivity index (χ0) is 14.8. The smallest absolute Gasteiger partial charge is 0.244 e. The van der Waals surface area contributed by atoms with E-state index in [2.05, 4.69) is 4.72 Å². The fourth-order valence-electron chi connectivity index (χ4n) is 1.38. The maximum absolute atomic E-state index is 12.3. The van der Waals surface area contributed by atoms with Crippen LogP contribution in [0.4, 0.5) is 5.69 Å². The predicted molar refractivity (Wildman–Crippen MR) is 76.6 cm³/mol. The molecule has 19 heavy (non-hydrogen) atoms. The lowest BCUT2D eigenvalue weighted by Gasteiger charge is -2.28. The van der Waals surface area contributed by atoms with Crippen molar-refractivity contribution in [2.45, 2.75) is 38.6 Å². The lowest BCUT2D eigenvalue weighted by Crippen LogP contribution is -2.41. The van der Waals surface area contributed by atoms with E-state index in [0.717, 1.165) is 0 Å². The maximum Gasteiger partial charge on any atom is 0.244 e. The van der Waals surface area contributed by atoms with Gasteiger partial charge >= 0.3 is 0 Å². The van der Waals surface area contributed by atoms with Crippen LogP contribution in [0.25, 0.3) is 0 Å². The zero-order valence-electron chi connectivity index (χ0n) is 12.0. The normalized spacial score (nSPS) is 14.2. The summed E-state index contributed by atoms with van der Waals surface area (Å²) in [7, 11) is -2.22. The van der Waals surface area contributed by atoms with Crippen molar-refractivity contribution >= 4 is 15.7 Å². The highest BCUT2D eigenvalue weighted by molar-refractivity contribution is 7.89. The van der Waals surface area contributed by atoms with Gasteiger partial charge in [0.2, 0.25) is 10.0 Å². The molecule has 0 amide bonds. The Kier molecular flexibility index (Phi) is 4.47. The van der Waals surface area contributed by atoms with Crippen molar-refractivity contribution in [2.24, 2.45) is 5.41 Å². The second-order valence-corrected chi connectivity index (χ2v) is 7.30. The Labute approximate surface area is 115 Å². The Bertz CT molecular complexity index is 547. The van der Waals surface area contributed by atoms with Gasteiger partial charge in [-0.1, -0.05) is 20.8 Å². The molecule has 5 nitrogen and oxygen atoms in total. The molecule has 0 aliphatic rings. The molecule has 1 aromatic rings. The van der Waals surface area contributed by atoms with Crippen molar-refractivity contribution in [3.8, 4) is 5.75 Å². The molecule has 1 atom stereocenters. The van der Waals surface area contributed by atoms with Crippen LogP contribution in [0.1, 0.15) is 27.7 Å². The molecular weight excluding hydrogens is 264 g/mol. The molecule has 0 radical (unpaired) electrons. The number of sulfonamides is 1. The van der Waals surface area contributed by atoms with Crippen molar-refractivity contribution < 1.29 is 13.2 Å². The fourth-order valence-corrected chi connectivity index (χ4v) is 2.98. The molecule has 0 spiro atoms. The molecule has 0 fully saturated rings. The van der Waals surface area contributed by atoms with Gasteiger partial charge in [-0.05, 0) is 24.5 Å². The Morgan fingerprint density at radius 1 is 1.32 bits per heavy atom. The van der Waals surface area contributed by atoms with Crippen LogP contribution in [0, 0.1) is 5.41 Å². The first kappa shape index (κ1) is 15.8. The summed E-state index contributed by atoms with van der Waals surface area (Å²) in [4.78, 5) is 0.0975. The number of hydrogen-bond acceptors (Lipinski definition) is 4. The summed E-state index contributed by atoms with van der Waals surface area (Å²) in [5.41, 5.74) is 5.91. The number of ether oxygens (including phenoxy) is 1. The number of methoxy groups -OCH3 is 1. The second kappa shape index (κ2) is 5.38. The highest BCUT2D eigenvalue weighted by Gasteiger charge is 2.27. The molecule has 1 unspecified atom stereocenters. The summed E-state index contributed by atoms with van der Waals surface area (Å²) in [5, 5.41) is 0. The summed E-state index contributed by atoms with van der Waals surface area (Å²) in [6.45, 7) is 7.75. The van der Waals surface area contributed by atoms with Gasteiger partial charge in [0.25, 0.3) is 0 Å². The number of nitrogens with one attached hydrogen (secondary N) is 1. The van der Waals surface area contributed by atoms with E-state index in [4.69, 9.17) is 10.5 Å². The van der Waals surface area contributed by atoms with Crippen LogP contribution in [-0.2, 0) is 10.0 Å². The Balaban J connectivity index is 3.14. The molecule has 0 heterocycles. The van der Waals surface area contributed by atoms with E-state index >= 15 is 0 Å². The third kappa shape index (κ3) is 3.84. The number of hydrogen-bond donors (Lipinski definition) is 2. The number of nitrogens with two attached hydrogens (primary N) is 1. The number of nitrogen functional groups attached to an aromatic ring is 1. The van der Waals surface area contributed by atoms with E-state index in [1.165, 1.54) is 19.2 Å². The monoisotopic (exact) mass is 286 g/mol. The van der Waals surface area contributed by atoms with Gasteiger partial charge in [-0.25, -0.2) is 13.1 Å². The zero-order valence-corrected chi connectivity index (χ0v) is 12.8. The predicted octanol–water partition coefficient (Wildman–Crippen LogP) is 1.99. The van der Waals surface area contributed by atoms with Crippen molar-refractivity contribution in [3.05, 3.63) is 18.2 Å². The van der Waals surface area contributed by atoms with Crippen molar-refractivity contribution in [1.82, 2.24) is 4.72 Å². The van der Waals surface area contributed by atoms with Gasteiger partial charge in [-0.2, -0.15) is 0 Å². The summed E-state index contributed by atoms with van der Waals surface area (Å²) in [6, 6.07) is 4.28. The van der Waals surface area contributed by atoms with Crippen LogP contribution in [0.5, 0.6) is 5.75 Å². The quantitative estimate of drug-likeness (QED) is 0.829. The van der Waals surface area contributed by atoms with Gasteiger partial charge in [-0.15, -0.1) is 0 Å². The molecule has 0 saturated carbocycles. The van der Waals surface area contributed by atoms with Crippen LogP contribution in [-0.4, -0.2) is 21.6 Å². The molecule has 3 N–H and O–H groups in total. The van der Waals surface area contributed by atoms with Gasteiger partial charge < -0.3 is 10.5 Å². The summed E-state index contributed by atoms with van der Waals surface area (Å²) in [6.07, 6.45) is 0. The van der Waals surface area contributed by atoms with Gasteiger partial charge in [-0.3, -0.25) is 0 Å². The second-order valence-electron chi connectivity index (χ2n) is 5.62. The largest absolute Gasteiger partial charge is 0.495 e. The molecule has 0 aliphatic carbocycles. The summed E-state index contributed by atoms with van der Waals surface area (Å²) >= 11 is 0. The highest BCUT2D eigenvalue weighted by atomic mass is 32.2. The third-order valence-electron chi connectivity index (χ3n) is 3.11. The minimum Gasteiger partial charge on any atom is -0.495 e. The summed E-state index contributed by atoms with van der Waals surface area (Å²) in [5.74, 6) is 0.244. The van der Waals surface area contributed by atoms with Crippen LogP contribution >= 0.6 is 0 Å². The topological polar surface area (TPSA) is 81.4 Å². The first-order chi connectivity index (χ1) is 8.58. The molecule has 0 bridgehead atoms. The first-order valence-electron chi connectivity index (χ1n) is 6.04. The van der Waals surface area contributed by atoms with Crippen molar-refractivity contribution in [1.29, 1.82) is 0 Å². The van der Waals surface area contributed by atoms with Crippen LogP contribution in [0.15, 0.2) is 23.1 Å². The molecule has 1 aromatic carbocycles. The molecule has 0 saturated heterocycles. The standard InChI is InChI=1S/C13H22N2O3S/c1-9(13(2,3)4)15-19(16,17)12-7-6-10(14)8-11(12)18-5/h6-9,15H,14H2,1-5H3. The SMILES string of the molecule is COc1cc(N)ccc1S(=O)(=O)NC(C)C(C)(C)C. The van der Waals surface area contributed by atoms with Crippen molar-refractivity contribution in [2.75, 3.05) is 12.8 Å². The fraction of sp³-hybridized carbons (Fsp3) is 0.538. The molecule has 0 aliphatic heterocycles. The minimum absolute atomic E-state index is 0.0975. The average molecular weight is 286 g/mol. The van der Waals surface area contributed by atoms with Gasteiger partial charge in [0.05, 0.1) is 7.11 Å². The molecular formula is C13H22N2O3S. The Hall–Kier alpha value is -1.27. The number of anilines is 1. The average Bonchev–Trinajstić information content (AvgIpc) is 2.26. The lowest BCUT2D eigenvalue weighted by atomic mass is 9.89. The Morgan fingerprint density at radius 3 is 2.37 bits per heavy atom. The van der Waals surface area contributed by atoms with Crippen LogP contribution in [0.3, 0.4) is 0 Å². The highest BCUT2D eigenvalue weighted by Crippen LogP contribution is 2.27. The van der Waals surface area contributed by atoms with E-state index in [0.29, 0.717) is 5.69 Å². The first-order valence-corrected chi connectivity index (χ1v) is 7.52. The molecule has 108 valence electrons. The molecule has 0 aromatic heterocycles. The maximum atomic E-state index is 12.3. The van der Waals surface area contributed by atoms with E-state index in [9.17, 15) is 8.42 Å². The molecule has 6 heteroatoms. The number of benzene rings is 1. The van der Waals surface area contributed by atoms with E-state index in [-0.39, 0.29) is 22.1 Å². The number of rotatable bonds is 4. The van der Waals surface area contributed by atoms with Crippen LogP contribution < -0.4 is 15.2 Å². The van der Waals surface area contributed by atoms with E-state index in [1.807, 2.05) is 27.7 Å². The minimum atomic E-state index is -3.63. The van der Waals surface area contributed by atoms with Gasteiger partial charge in [0, 0.05) is 17.8 Å². The van der Waals surface area contributed by atoms with Gasteiger partial charge in [0.15, 0.2) is 0 Å². The lowest BCUT2D eigenvalue weighted by molar-refractivity contribution is 0.317. The summed E-state index contributed by atoms with van der Waals surface area (Å²) < 4.78 is 32.4. The molecule has 1 rings (SSSR count). The van der Waals surface area contributed by atoms with Gasteiger partial charge in [0.1, 0.15) is 10.6 Å². The van der Waals surface area contributed by atoms with Crippen molar-refractivity contribution in [3.63, 3.8) is 0 Å².